The van der Waals surface area contributed by atoms with Gasteiger partial charge in [0, 0.05) is 11.3 Å². The summed E-state index contributed by atoms with van der Waals surface area (Å²) in [5.74, 6) is 0.627. The van der Waals surface area contributed by atoms with Crippen LogP contribution < -0.4 is 0 Å². The van der Waals surface area contributed by atoms with Gasteiger partial charge in [-0.05, 0) is 35.3 Å². The molecule has 1 aliphatic rings. The van der Waals surface area contributed by atoms with E-state index < -0.39 is 0 Å². The zero-order chi connectivity index (χ0) is 14.9. The lowest BCUT2D eigenvalue weighted by atomic mass is 10.0. The van der Waals surface area contributed by atoms with E-state index in [9.17, 15) is 5.26 Å². The third-order valence-electron chi connectivity index (χ3n) is 3.99. The van der Waals surface area contributed by atoms with Crippen molar-refractivity contribution in [1.29, 1.82) is 5.26 Å². The fourth-order valence-electron chi connectivity index (χ4n) is 2.65. The summed E-state index contributed by atoms with van der Waals surface area (Å²) in [6.07, 6.45) is 4.42. The van der Waals surface area contributed by atoms with Gasteiger partial charge in [-0.2, -0.15) is 5.26 Å². The van der Waals surface area contributed by atoms with Gasteiger partial charge in [0.25, 0.3) is 0 Å². The molecule has 4 rings (SSSR count). The highest BCUT2D eigenvalue weighted by Gasteiger charge is 2.26. The van der Waals surface area contributed by atoms with Gasteiger partial charge in [0.15, 0.2) is 0 Å². The van der Waals surface area contributed by atoms with Crippen LogP contribution in [0.15, 0.2) is 47.8 Å². The van der Waals surface area contributed by atoms with E-state index >= 15 is 0 Å². The van der Waals surface area contributed by atoms with Gasteiger partial charge in [0.1, 0.15) is 11.1 Å². The van der Waals surface area contributed by atoms with Crippen LogP contribution in [0.2, 0.25) is 0 Å². The first-order chi connectivity index (χ1) is 10.8. The molecule has 22 heavy (non-hydrogen) atoms. The van der Waals surface area contributed by atoms with Crippen LogP contribution in [0.4, 0.5) is 0 Å². The maximum absolute atomic E-state index is 9.52. The van der Waals surface area contributed by atoms with Crippen LogP contribution in [-0.4, -0.2) is 4.98 Å². The van der Waals surface area contributed by atoms with Gasteiger partial charge in [0.2, 0.25) is 0 Å². The lowest BCUT2D eigenvalue weighted by Gasteiger charge is -2.02. The summed E-state index contributed by atoms with van der Waals surface area (Å²) in [4.78, 5) is 4.65. The normalized spacial score (nSPS) is 15.0. The summed E-state index contributed by atoms with van der Waals surface area (Å²) in [5, 5.41) is 14.8. The molecule has 1 aliphatic carbocycles. The van der Waals surface area contributed by atoms with Crippen molar-refractivity contribution in [3.8, 4) is 6.07 Å². The van der Waals surface area contributed by atoms with E-state index in [2.05, 4.69) is 40.7 Å². The lowest BCUT2D eigenvalue weighted by Crippen LogP contribution is -1.85. The highest BCUT2D eigenvalue weighted by Crippen LogP contribution is 2.41. The van der Waals surface area contributed by atoms with Gasteiger partial charge in [-0.3, -0.25) is 0 Å². The highest BCUT2D eigenvalue weighted by molar-refractivity contribution is 7.11. The summed E-state index contributed by atoms with van der Waals surface area (Å²) in [6.45, 7) is 0. The monoisotopic (exact) mass is 302 g/mol. The third kappa shape index (κ3) is 2.43. The Kier molecular flexibility index (Phi) is 3.25. The van der Waals surface area contributed by atoms with Crippen LogP contribution in [0.25, 0.3) is 22.4 Å². The van der Waals surface area contributed by atoms with Gasteiger partial charge < -0.3 is 0 Å². The van der Waals surface area contributed by atoms with Crippen molar-refractivity contribution in [3.63, 3.8) is 0 Å². The van der Waals surface area contributed by atoms with Crippen LogP contribution in [0.5, 0.6) is 0 Å². The van der Waals surface area contributed by atoms with Crippen LogP contribution in [-0.2, 0) is 0 Å². The number of fused-ring (bicyclic) bond motifs is 1. The van der Waals surface area contributed by atoms with Crippen LogP contribution in [0.3, 0.4) is 0 Å². The van der Waals surface area contributed by atoms with Gasteiger partial charge in [-0.1, -0.05) is 42.5 Å². The number of hydrogen-bond donors (Lipinski definition) is 0. The van der Waals surface area contributed by atoms with Crippen molar-refractivity contribution in [2.75, 3.05) is 0 Å². The second-order valence-corrected chi connectivity index (χ2v) is 6.45. The molecule has 3 aromatic rings. The second-order valence-electron chi connectivity index (χ2n) is 5.59. The topological polar surface area (TPSA) is 36.7 Å². The summed E-state index contributed by atoms with van der Waals surface area (Å²) >= 11 is 1.57. The molecular formula is C19H14N2S. The fraction of sp³-hybridized carbons (Fsp3) is 0.158. The number of allylic oxidation sites excluding steroid dienone is 1. The predicted molar refractivity (Wildman–Crippen MR) is 91.5 cm³/mol. The van der Waals surface area contributed by atoms with E-state index in [0.717, 1.165) is 21.7 Å². The number of aromatic nitrogens is 1. The van der Waals surface area contributed by atoms with Crippen LogP contribution in [0, 0.1) is 11.3 Å². The van der Waals surface area contributed by atoms with Crippen LogP contribution >= 0.6 is 11.3 Å². The minimum Gasteiger partial charge on any atom is -0.240 e. The average molecular weight is 302 g/mol. The smallest absolute Gasteiger partial charge is 0.134 e. The molecule has 1 saturated carbocycles. The standard InChI is InChI=1S/C19H14N2S/c20-11-16(19-21-18(12-22-19)14-8-9-14)10-15-6-3-5-13-4-1-2-7-17(13)15/h1-7,10,12,14H,8-9H2/b16-10+. The second kappa shape index (κ2) is 5.40. The first kappa shape index (κ1) is 13.2. The average Bonchev–Trinajstić information content (AvgIpc) is 3.30. The Morgan fingerprint density at radius 3 is 2.82 bits per heavy atom. The van der Waals surface area contributed by atoms with Gasteiger partial charge in [0.05, 0.1) is 11.3 Å². The van der Waals surface area contributed by atoms with E-state index in [-0.39, 0.29) is 0 Å². The van der Waals surface area contributed by atoms with Crippen molar-refractivity contribution < 1.29 is 0 Å². The zero-order valence-electron chi connectivity index (χ0n) is 12.0. The Labute approximate surface area is 133 Å². The third-order valence-corrected chi connectivity index (χ3v) is 4.89. The van der Waals surface area contributed by atoms with E-state index in [1.165, 1.54) is 18.2 Å². The molecule has 0 aliphatic heterocycles. The van der Waals surface area contributed by atoms with E-state index in [1.54, 1.807) is 11.3 Å². The molecular weight excluding hydrogens is 288 g/mol. The molecule has 0 atom stereocenters. The molecule has 1 fully saturated rings. The van der Waals surface area contributed by atoms with E-state index in [0.29, 0.717) is 11.5 Å². The Morgan fingerprint density at radius 2 is 2.00 bits per heavy atom. The van der Waals surface area contributed by atoms with Crippen LogP contribution in [0.1, 0.15) is 35.0 Å². The SMILES string of the molecule is N#C/C(=C\c1cccc2ccccc12)c1nc(C2CC2)cs1. The molecule has 0 unspecified atom stereocenters. The maximum Gasteiger partial charge on any atom is 0.134 e. The minimum atomic E-state index is 0.627. The molecule has 1 aromatic heterocycles. The number of thiazole rings is 1. The Hall–Kier alpha value is -2.44. The summed E-state index contributed by atoms with van der Waals surface area (Å²) < 4.78 is 0. The zero-order valence-corrected chi connectivity index (χ0v) is 12.8. The minimum absolute atomic E-state index is 0.627. The van der Waals surface area contributed by atoms with E-state index in [4.69, 9.17) is 0 Å². The van der Waals surface area contributed by atoms with Gasteiger partial charge >= 0.3 is 0 Å². The van der Waals surface area contributed by atoms with Crippen molar-refractivity contribution >= 4 is 33.8 Å². The molecule has 0 saturated heterocycles. The molecule has 0 bridgehead atoms. The number of nitrogens with zero attached hydrogens (tertiary/aromatic N) is 2. The number of nitriles is 1. The highest BCUT2D eigenvalue weighted by atomic mass is 32.1. The molecule has 106 valence electrons. The number of hydrogen-bond acceptors (Lipinski definition) is 3. The summed E-state index contributed by atoms with van der Waals surface area (Å²) in [5.41, 5.74) is 2.87. The predicted octanol–water partition coefficient (Wildman–Crippen LogP) is 5.24. The van der Waals surface area contributed by atoms with Crippen molar-refractivity contribution in [3.05, 3.63) is 64.1 Å². The quantitative estimate of drug-likeness (QED) is 0.620. The van der Waals surface area contributed by atoms with Crippen molar-refractivity contribution in [2.24, 2.45) is 0 Å². The summed E-state index contributed by atoms with van der Waals surface area (Å²) in [6, 6.07) is 16.7. The first-order valence-corrected chi connectivity index (χ1v) is 8.28. The van der Waals surface area contributed by atoms with E-state index in [1.807, 2.05) is 24.3 Å². The first-order valence-electron chi connectivity index (χ1n) is 7.40. The van der Waals surface area contributed by atoms with Gasteiger partial charge in [-0.15, -0.1) is 11.3 Å². The molecule has 1 heterocycles. The largest absolute Gasteiger partial charge is 0.240 e. The number of rotatable bonds is 3. The molecule has 0 spiro atoms. The lowest BCUT2D eigenvalue weighted by molar-refractivity contribution is 1.05. The number of benzene rings is 2. The molecule has 2 aromatic carbocycles. The molecule has 0 amide bonds. The van der Waals surface area contributed by atoms with Crippen molar-refractivity contribution in [1.82, 2.24) is 4.98 Å². The Balaban J connectivity index is 1.79. The molecule has 3 heteroatoms. The Bertz CT molecular complexity index is 905. The molecule has 0 radical (unpaired) electrons. The summed E-state index contributed by atoms with van der Waals surface area (Å²) in [7, 11) is 0. The molecule has 2 nitrogen and oxygen atoms in total. The fourth-order valence-corrected chi connectivity index (χ4v) is 3.52. The van der Waals surface area contributed by atoms with Crippen molar-refractivity contribution in [2.45, 2.75) is 18.8 Å². The maximum atomic E-state index is 9.52. The van der Waals surface area contributed by atoms with Gasteiger partial charge in [-0.25, -0.2) is 4.98 Å². The molecule has 0 N–H and O–H groups in total. The Morgan fingerprint density at radius 1 is 1.18 bits per heavy atom.